The predicted octanol–water partition coefficient (Wildman–Crippen LogP) is 2.87. The van der Waals surface area contributed by atoms with Crippen LogP contribution in [-0.4, -0.2) is 48.0 Å². The molecule has 2 heterocycles. The van der Waals surface area contributed by atoms with E-state index in [2.05, 4.69) is 25.0 Å². The number of nitrogens with one attached hydrogen (secondary N) is 1. The second-order valence-corrected chi connectivity index (χ2v) is 5.69. The number of ether oxygens (including phenoxy) is 3. The van der Waals surface area contributed by atoms with Crippen LogP contribution in [-0.2, 0) is 9.47 Å². The van der Waals surface area contributed by atoms with Crippen molar-refractivity contribution in [2.75, 3.05) is 38.0 Å². The zero-order chi connectivity index (χ0) is 19.9. The van der Waals surface area contributed by atoms with E-state index in [9.17, 15) is 4.79 Å². The van der Waals surface area contributed by atoms with Crippen LogP contribution in [0.5, 0.6) is 5.88 Å². The Morgan fingerprint density at radius 3 is 2.57 bits per heavy atom. The zero-order valence-corrected chi connectivity index (χ0v) is 15.6. The summed E-state index contributed by atoms with van der Waals surface area (Å²) >= 11 is 0. The molecule has 0 aliphatic carbocycles. The molecule has 2 aromatic heterocycles. The standard InChI is InChI=1S/C19H21N5O4/c1-3-27-10-11-28-17-16-15(23-18(20)24-17)9-8-14(22-16)12-4-6-13(7-5-12)21-19(25)26-2/h4-9H,3,10-11H2,1-2H3,(H,21,25)(H2,20,23,24). The number of nitrogens with zero attached hydrogens (tertiary/aromatic N) is 3. The zero-order valence-electron chi connectivity index (χ0n) is 15.6. The van der Waals surface area contributed by atoms with Crippen molar-refractivity contribution in [3.8, 4) is 17.1 Å². The maximum absolute atomic E-state index is 11.3. The van der Waals surface area contributed by atoms with Crippen LogP contribution in [0.1, 0.15) is 6.92 Å². The normalized spacial score (nSPS) is 10.6. The molecule has 0 atom stereocenters. The van der Waals surface area contributed by atoms with E-state index >= 15 is 0 Å². The molecule has 0 radical (unpaired) electrons. The maximum Gasteiger partial charge on any atom is 0.411 e. The van der Waals surface area contributed by atoms with Crippen LogP contribution in [0.15, 0.2) is 36.4 Å². The van der Waals surface area contributed by atoms with E-state index in [1.165, 1.54) is 7.11 Å². The van der Waals surface area contributed by atoms with Crippen molar-refractivity contribution in [3.63, 3.8) is 0 Å². The molecule has 9 nitrogen and oxygen atoms in total. The first-order valence-electron chi connectivity index (χ1n) is 8.71. The van der Waals surface area contributed by atoms with Gasteiger partial charge in [0.1, 0.15) is 6.61 Å². The van der Waals surface area contributed by atoms with E-state index in [0.717, 1.165) is 5.56 Å². The van der Waals surface area contributed by atoms with Crippen molar-refractivity contribution < 1.29 is 19.0 Å². The van der Waals surface area contributed by atoms with Crippen molar-refractivity contribution in [1.82, 2.24) is 15.0 Å². The van der Waals surface area contributed by atoms with Crippen molar-refractivity contribution in [3.05, 3.63) is 36.4 Å². The van der Waals surface area contributed by atoms with Crippen molar-refractivity contribution >= 4 is 28.8 Å². The Balaban J connectivity index is 1.88. The van der Waals surface area contributed by atoms with Gasteiger partial charge in [0.05, 0.1) is 24.9 Å². The third kappa shape index (κ3) is 4.63. The molecule has 1 amide bonds. The fraction of sp³-hybridized carbons (Fsp3) is 0.263. The lowest BCUT2D eigenvalue weighted by molar-refractivity contribution is 0.109. The number of benzene rings is 1. The molecule has 0 bridgehead atoms. The lowest BCUT2D eigenvalue weighted by Gasteiger charge is -2.10. The van der Waals surface area contributed by atoms with Gasteiger partial charge in [-0.05, 0) is 31.2 Å². The first kappa shape index (κ1) is 19.3. The average Bonchev–Trinajstić information content (AvgIpc) is 2.71. The summed E-state index contributed by atoms with van der Waals surface area (Å²) in [6, 6.07) is 10.8. The summed E-state index contributed by atoms with van der Waals surface area (Å²) in [5.74, 6) is 0.430. The Hall–Kier alpha value is -3.46. The second kappa shape index (κ2) is 8.96. The molecule has 9 heteroatoms. The number of aromatic nitrogens is 3. The molecule has 0 saturated carbocycles. The van der Waals surface area contributed by atoms with Crippen LogP contribution >= 0.6 is 0 Å². The average molecular weight is 383 g/mol. The van der Waals surface area contributed by atoms with E-state index in [1.807, 2.05) is 31.2 Å². The van der Waals surface area contributed by atoms with E-state index in [0.29, 0.717) is 48.1 Å². The molecule has 28 heavy (non-hydrogen) atoms. The van der Waals surface area contributed by atoms with Crippen LogP contribution < -0.4 is 15.8 Å². The molecule has 3 N–H and O–H groups in total. The summed E-state index contributed by atoms with van der Waals surface area (Å²) in [4.78, 5) is 24.3. The molecule has 1 aromatic carbocycles. The number of nitrogens with two attached hydrogens (primary N) is 1. The van der Waals surface area contributed by atoms with E-state index in [1.54, 1.807) is 12.1 Å². The van der Waals surface area contributed by atoms with Crippen molar-refractivity contribution in [2.45, 2.75) is 6.92 Å². The third-order valence-electron chi connectivity index (χ3n) is 3.81. The monoisotopic (exact) mass is 383 g/mol. The first-order valence-corrected chi connectivity index (χ1v) is 8.71. The predicted molar refractivity (Wildman–Crippen MR) is 105 cm³/mol. The number of amides is 1. The Morgan fingerprint density at radius 1 is 1.07 bits per heavy atom. The van der Waals surface area contributed by atoms with Gasteiger partial charge < -0.3 is 19.9 Å². The topological polar surface area (TPSA) is 121 Å². The molecule has 0 unspecified atom stereocenters. The van der Waals surface area contributed by atoms with Crippen molar-refractivity contribution in [2.24, 2.45) is 0 Å². The van der Waals surface area contributed by atoms with E-state index in [4.69, 9.17) is 15.2 Å². The number of rotatable bonds is 7. The minimum atomic E-state index is -0.528. The van der Waals surface area contributed by atoms with Gasteiger partial charge in [0.25, 0.3) is 0 Å². The van der Waals surface area contributed by atoms with Gasteiger partial charge in [-0.1, -0.05) is 12.1 Å². The molecule has 146 valence electrons. The lowest BCUT2D eigenvalue weighted by atomic mass is 10.1. The van der Waals surface area contributed by atoms with Gasteiger partial charge in [-0.15, -0.1) is 0 Å². The Bertz CT molecular complexity index is 962. The van der Waals surface area contributed by atoms with Gasteiger partial charge >= 0.3 is 6.09 Å². The van der Waals surface area contributed by atoms with Crippen LogP contribution in [0.4, 0.5) is 16.4 Å². The summed E-state index contributed by atoms with van der Waals surface area (Å²) in [6.45, 7) is 3.30. The summed E-state index contributed by atoms with van der Waals surface area (Å²) in [6.07, 6.45) is -0.528. The highest BCUT2D eigenvalue weighted by atomic mass is 16.5. The summed E-state index contributed by atoms with van der Waals surface area (Å²) in [5.41, 5.74) is 9.05. The number of carbonyl (C=O) groups excluding carboxylic acids is 1. The number of hydrogen-bond donors (Lipinski definition) is 2. The Morgan fingerprint density at radius 2 is 1.86 bits per heavy atom. The first-order chi connectivity index (χ1) is 13.6. The highest BCUT2D eigenvalue weighted by molar-refractivity contribution is 5.86. The smallest absolute Gasteiger partial charge is 0.411 e. The van der Waals surface area contributed by atoms with Crippen LogP contribution in [0.3, 0.4) is 0 Å². The summed E-state index contributed by atoms with van der Waals surface area (Å²) in [7, 11) is 1.31. The molecule has 0 aliphatic heterocycles. The minimum absolute atomic E-state index is 0.117. The number of carbonyl (C=O) groups is 1. The van der Waals surface area contributed by atoms with Crippen LogP contribution in [0.2, 0.25) is 0 Å². The largest absolute Gasteiger partial charge is 0.474 e. The number of fused-ring (bicyclic) bond motifs is 1. The highest BCUT2D eigenvalue weighted by Crippen LogP contribution is 2.26. The molecule has 3 rings (SSSR count). The van der Waals surface area contributed by atoms with Gasteiger partial charge in [-0.2, -0.15) is 4.98 Å². The number of hydrogen-bond acceptors (Lipinski definition) is 8. The Labute approximate surface area is 161 Å². The van der Waals surface area contributed by atoms with Gasteiger partial charge in [-0.3, -0.25) is 5.32 Å². The molecule has 0 spiro atoms. The summed E-state index contributed by atoms with van der Waals surface area (Å²) in [5, 5.41) is 2.60. The molecule has 0 saturated heterocycles. The fourth-order valence-electron chi connectivity index (χ4n) is 2.50. The SMILES string of the molecule is CCOCCOc1nc(N)nc2ccc(-c3ccc(NC(=O)OC)cc3)nc12. The molecule has 3 aromatic rings. The number of methoxy groups -OCH3 is 1. The lowest BCUT2D eigenvalue weighted by Crippen LogP contribution is -2.10. The Kier molecular flexibility index (Phi) is 6.18. The number of nitrogen functional groups attached to an aromatic ring is 1. The maximum atomic E-state index is 11.3. The van der Waals surface area contributed by atoms with E-state index < -0.39 is 6.09 Å². The summed E-state index contributed by atoms with van der Waals surface area (Å²) < 4.78 is 15.5. The third-order valence-corrected chi connectivity index (χ3v) is 3.81. The van der Waals surface area contributed by atoms with Gasteiger partial charge in [0.15, 0.2) is 5.52 Å². The van der Waals surface area contributed by atoms with Crippen LogP contribution in [0, 0.1) is 0 Å². The van der Waals surface area contributed by atoms with Gasteiger partial charge in [0, 0.05) is 17.9 Å². The molecular formula is C19H21N5O4. The van der Waals surface area contributed by atoms with Gasteiger partial charge in [0.2, 0.25) is 11.8 Å². The minimum Gasteiger partial charge on any atom is -0.474 e. The molecule has 0 fully saturated rings. The quantitative estimate of drug-likeness (QED) is 0.597. The second-order valence-electron chi connectivity index (χ2n) is 5.69. The fourth-order valence-corrected chi connectivity index (χ4v) is 2.50. The molecular weight excluding hydrogens is 362 g/mol. The number of anilines is 2. The van der Waals surface area contributed by atoms with Crippen molar-refractivity contribution in [1.29, 1.82) is 0 Å². The highest BCUT2D eigenvalue weighted by Gasteiger charge is 2.11. The van der Waals surface area contributed by atoms with Gasteiger partial charge in [-0.25, -0.2) is 14.8 Å². The number of pyridine rings is 1. The molecule has 0 aliphatic rings. The van der Waals surface area contributed by atoms with E-state index in [-0.39, 0.29) is 5.95 Å². The van der Waals surface area contributed by atoms with Crippen LogP contribution in [0.25, 0.3) is 22.3 Å².